The number of H-pyrrole nitrogens is 1. The second kappa shape index (κ2) is 13.1. The van der Waals surface area contributed by atoms with Crippen LogP contribution in [-0.4, -0.2) is 64.5 Å². The van der Waals surface area contributed by atoms with Gasteiger partial charge in [0.1, 0.15) is 17.5 Å². The number of carbonyl (C=O) groups is 2. The van der Waals surface area contributed by atoms with Gasteiger partial charge in [-0.15, -0.1) is 0 Å². The molecular weight excluding hydrogens is 524 g/mol. The third-order valence-electron chi connectivity index (χ3n) is 6.86. The van der Waals surface area contributed by atoms with Crippen LogP contribution in [0.2, 0.25) is 0 Å². The normalized spacial score (nSPS) is 17.1. The van der Waals surface area contributed by atoms with Crippen molar-refractivity contribution in [2.24, 2.45) is 0 Å². The number of nitrogens with zero attached hydrogens (tertiary/aromatic N) is 3. The van der Waals surface area contributed by atoms with E-state index in [1.54, 1.807) is 26.6 Å². The highest BCUT2D eigenvalue weighted by molar-refractivity contribution is 5.88. The van der Waals surface area contributed by atoms with Crippen molar-refractivity contribution in [3.63, 3.8) is 0 Å². The van der Waals surface area contributed by atoms with Gasteiger partial charge in [0.15, 0.2) is 11.5 Å². The summed E-state index contributed by atoms with van der Waals surface area (Å²) >= 11 is 0. The SMILES string of the molecule is COc1ccc2cc1OCCCN(Cc1cnc[nH]1)CC(=O)N[C@H](Cc1ccccc1)C(=O)NCc1nc-2oc1C. The van der Waals surface area contributed by atoms with Crippen LogP contribution in [-0.2, 0) is 29.1 Å². The Kier molecular flexibility index (Phi) is 8.95. The van der Waals surface area contributed by atoms with Crippen LogP contribution >= 0.6 is 0 Å². The second-order valence-corrected chi connectivity index (χ2v) is 9.90. The van der Waals surface area contributed by atoms with Crippen molar-refractivity contribution in [2.75, 3.05) is 26.8 Å². The van der Waals surface area contributed by atoms with Crippen LogP contribution in [0, 0.1) is 6.92 Å². The summed E-state index contributed by atoms with van der Waals surface area (Å²) in [7, 11) is 1.59. The van der Waals surface area contributed by atoms with E-state index in [0.29, 0.717) is 61.4 Å². The van der Waals surface area contributed by atoms with E-state index in [2.05, 4.69) is 25.6 Å². The number of nitrogens with one attached hydrogen (secondary N) is 3. The van der Waals surface area contributed by atoms with Crippen LogP contribution < -0.4 is 20.1 Å². The molecule has 11 nitrogen and oxygen atoms in total. The average Bonchev–Trinajstić information content (AvgIpc) is 3.63. The van der Waals surface area contributed by atoms with Gasteiger partial charge in [-0.05, 0) is 37.1 Å². The molecule has 1 aliphatic rings. The number of imidazole rings is 1. The first-order valence-electron chi connectivity index (χ1n) is 13.6. The lowest BCUT2D eigenvalue weighted by Crippen LogP contribution is -2.50. The fourth-order valence-electron chi connectivity index (χ4n) is 4.73. The Morgan fingerprint density at radius 1 is 1.15 bits per heavy atom. The summed E-state index contributed by atoms with van der Waals surface area (Å²) in [4.78, 5) is 40.5. The molecule has 0 radical (unpaired) electrons. The van der Waals surface area contributed by atoms with Gasteiger partial charge >= 0.3 is 0 Å². The molecule has 11 heteroatoms. The Morgan fingerprint density at radius 2 is 2.00 bits per heavy atom. The number of oxazole rings is 1. The third kappa shape index (κ3) is 7.31. The molecule has 0 saturated carbocycles. The first kappa shape index (κ1) is 27.9. The van der Waals surface area contributed by atoms with Crippen LogP contribution in [0.15, 0.2) is 65.5 Å². The molecule has 1 atom stereocenters. The topological polar surface area (TPSA) is 135 Å². The molecule has 0 spiro atoms. The van der Waals surface area contributed by atoms with Gasteiger partial charge in [0, 0.05) is 37.0 Å². The Morgan fingerprint density at radius 3 is 2.78 bits per heavy atom. The van der Waals surface area contributed by atoms with E-state index in [1.165, 1.54) is 0 Å². The molecule has 4 aromatic rings. The minimum atomic E-state index is -0.767. The lowest BCUT2D eigenvalue weighted by molar-refractivity contribution is -0.129. The smallest absolute Gasteiger partial charge is 0.243 e. The van der Waals surface area contributed by atoms with Gasteiger partial charge in [0.2, 0.25) is 17.7 Å². The van der Waals surface area contributed by atoms with Crippen molar-refractivity contribution in [1.82, 2.24) is 30.5 Å². The van der Waals surface area contributed by atoms with E-state index >= 15 is 0 Å². The zero-order valence-electron chi connectivity index (χ0n) is 23.2. The summed E-state index contributed by atoms with van der Waals surface area (Å²) < 4.78 is 17.5. The Labute approximate surface area is 238 Å². The van der Waals surface area contributed by atoms with E-state index in [4.69, 9.17) is 13.9 Å². The van der Waals surface area contributed by atoms with Gasteiger partial charge in [-0.25, -0.2) is 9.97 Å². The molecule has 1 aliphatic heterocycles. The molecule has 41 heavy (non-hydrogen) atoms. The zero-order chi connectivity index (χ0) is 28.6. The van der Waals surface area contributed by atoms with Crippen molar-refractivity contribution in [1.29, 1.82) is 0 Å². The molecule has 0 unspecified atom stereocenters. The summed E-state index contributed by atoms with van der Waals surface area (Å²) in [6.07, 6.45) is 4.34. The Balaban J connectivity index is 1.42. The highest BCUT2D eigenvalue weighted by Crippen LogP contribution is 2.33. The minimum absolute atomic E-state index is 0.0994. The summed E-state index contributed by atoms with van der Waals surface area (Å²) in [6.45, 7) is 3.52. The predicted molar refractivity (Wildman–Crippen MR) is 151 cm³/mol. The van der Waals surface area contributed by atoms with Crippen molar-refractivity contribution in [2.45, 2.75) is 38.9 Å². The number of carbonyl (C=O) groups excluding carboxylic acids is 2. The van der Waals surface area contributed by atoms with Crippen molar-refractivity contribution in [3.8, 4) is 23.0 Å². The molecule has 3 N–H and O–H groups in total. The Bertz CT molecular complexity index is 1450. The van der Waals surface area contributed by atoms with E-state index in [-0.39, 0.29) is 24.9 Å². The lowest BCUT2D eigenvalue weighted by atomic mass is 10.1. The van der Waals surface area contributed by atoms with Gasteiger partial charge in [0.25, 0.3) is 0 Å². The van der Waals surface area contributed by atoms with Gasteiger partial charge in [-0.1, -0.05) is 30.3 Å². The number of aryl methyl sites for hydroxylation is 1. The number of amides is 2. The molecule has 0 aliphatic carbocycles. The average molecular weight is 559 g/mol. The number of aromatic amines is 1. The van der Waals surface area contributed by atoms with Crippen LogP contribution in [0.5, 0.6) is 11.5 Å². The maximum absolute atomic E-state index is 13.4. The number of methoxy groups -OCH3 is 1. The number of ether oxygens (including phenoxy) is 2. The Hall–Kier alpha value is -4.64. The van der Waals surface area contributed by atoms with Crippen LogP contribution in [0.1, 0.15) is 29.1 Å². The molecule has 5 rings (SSSR count). The van der Waals surface area contributed by atoms with Gasteiger partial charge in [0.05, 0.1) is 33.1 Å². The van der Waals surface area contributed by atoms with E-state index < -0.39 is 6.04 Å². The maximum atomic E-state index is 13.4. The largest absolute Gasteiger partial charge is 0.493 e. The number of rotatable bonds is 5. The minimum Gasteiger partial charge on any atom is -0.493 e. The van der Waals surface area contributed by atoms with Crippen LogP contribution in [0.4, 0.5) is 0 Å². The van der Waals surface area contributed by atoms with E-state index in [1.807, 2.05) is 53.4 Å². The molecule has 2 aromatic carbocycles. The molecule has 3 heterocycles. The first-order valence-corrected chi connectivity index (χ1v) is 13.6. The van der Waals surface area contributed by atoms with Crippen molar-refractivity contribution >= 4 is 11.8 Å². The first-order chi connectivity index (χ1) is 20.0. The van der Waals surface area contributed by atoms with Gasteiger partial charge < -0.3 is 29.5 Å². The van der Waals surface area contributed by atoms with Gasteiger partial charge in [-0.3, -0.25) is 14.5 Å². The van der Waals surface area contributed by atoms with Crippen LogP contribution in [0.25, 0.3) is 11.5 Å². The number of hydrogen-bond acceptors (Lipinski definition) is 8. The van der Waals surface area contributed by atoms with Crippen LogP contribution in [0.3, 0.4) is 0 Å². The number of hydrogen-bond donors (Lipinski definition) is 3. The molecule has 2 aromatic heterocycles. The van der Waals surface area contributed by atoms with Crippen molar-refractivity contribution in [3.05, 3.63) is 83.8 Å². The molecule has 4 bridgehead atoms. The number of fused-ring (bicyclic) bond motifs is 5. The summed E-state index contributed by atoms with van der Waals surface area (Å²) in [5, 5.41) is 5.89. The number of aromatic nitrogens is 3. The molecule has 2 amide bonds. The second-order valence-electron chi connectivity index (χ2n) is 9.90. The molecular formula is C30H34N6O5. The summed E-state index contributed by atoms with van der Waals surface area (Å²) in [6, 6.07) is 14.4. The molecule has 0 fully saturated rings. The lowest BCUT2D eigenvalue weighted by Gasteiger charge is -2.24. The summed E-state index contributed by atoms with van der Waals surface area (Å²) in [5.74, 6) is 1.62. The molecule has 0 saturated heterocycles. The quantitative estimate of drug-likeness (QED) is 0.340. The summed E-state index contributed by atoms with van der Waals surface area (Å²) in [5.41, 5.74) is 3.16. The highest BCUT2D eigenvalue weighted by atomic mass is 16.5. The van der Waals surface area contributed by atoms with Gasteiger partial charge in [-0.2, -0.15) is 0 Å². The third-order valence-corrected chi connectivity index (χ3v) is 6.86. The highest BCUT2D eigenvalue weighted by Gasteiger charge is 2.24. The zero-order valence-corrected chi connectivity index (χ0v) is 23.2. The molecule has 214 valence electrons. The monoisotopic (exact) mass is 558 g/mol. The fourth-order valence-corrected chi connectivity index (χ4v) is 4.73. The van der Waals surface area contributed by atoms with E-state index in [9.17, 15) is 9.59 Å². The standard InChI is InChI=1S/C30H34N6O5/c1-20-25-16-32-29(38)24(13-21-7-4-3-5-8-21)34-28(37)18-36(17-23-15-31-19-33-23)11-6-12-40-27-14-22(30(35-25)41-20)9-10-26(27)39-2/h3-5,7-10,14-15,19,24H,6,11-13,16-18H2,1-2H3,(H,31,33)(H,32,38)(H,34,37)/t24-/m1/s1. The predicted octanol–water partition coefficient (Wildman–Crippen LogP) is 3.01. The maximum Gasteiger partial charge on any atom is 0.243 e. The van der Waals surface area contributed by atoms with E-state index in [0.717, 1.165) is 16.8 Å². The number of benzene rings is 2. The van der Waals surface area contributed by atoms with Crippen molar-refractivity contribution < 1.29 is 23.5 Å². The fraction of sp³-hybridized carbons (Fsp3) is 0.333.